The molecule has 1 aliphatic heterocycles. The van der Waals surface area contributed by atoms with Gasteiger partial charge >= 0.3 is 5.97 Å². The van der Waals surface area contributed by atoms with E-state index in [1.807, 2.05) is 0 Å². The van der Waals surface area contributed by atoms with E-state index in [9.17, 15) is 24.0 Å². The quantitative estimate of drug-likeness (QED) is 0.180. The molecule has 0 saturated carbocycles. The second kappa shape index (κ2) is 8.74. The molecule has 8 heteroatoms. The summed E-state index contributed by atoms with van der Waals surface area (Å²) in [5, 5.41) is 0. The molecular weight excluding hydrogens is 462 g/mol. The number of allylic oxidation sites excluding steroid dienone is 1. The molecule has 0 N–H and O–H groups in total. The van der Waals surface area contributed by atoms with E-state index in [1.54, 1.807) is 42.5 Å². The highest BCUT2D eigenvalue weighted by atomic mass is 16.6. The van der Waals surface area contributed by atoms with Crippen LogP contribution in [0.1, 0.15) is 53.9 Å². The Hall–Kier alpha value is -4.85. The molecule has 1 aliphatic carbocycles. The van der Waals surface area contributed by atoms with Gasteiger partial charge in [0.05, 0.1) is 23.8 Å². The number of imide groups is 1. The summed E-state index contributed by atoms with van der Waals surface area (Å²) in [5.41, 5.74) is 1.69. The van der Waals surface area contributed by atoms with Crippen molar-refractivity contribution in [3.05, 3.63) is 100 Å². The average molecular weight is 481 g/mol. The monoisotopic (exact) mass is 481 g/mol. The second-order valence-corrected chi connectivity index (χ2v) is 8.30. The van der Waals surface area contributed by atoms with Gasteiger partial charge in [-0.15, -0.1) is 0 Å². The number of hydrogen-bond acceptors (Lipinski definition) is 7. The Bertz CT molecular complexity index is 1450. The van der Waals surface area contributed by atoms with Crippen LogP contribution in [-0.4, -0.2) is 47.4 Å². The van der Waals surface area contributed by atoms with Crippen LogP contribution in [0, 0.1) is 0 Å². The van der Waals surface area contributed by atoms with Crippen molar-refractivity contribution in [2.75, 3.05) is 7.11 Å². The number of Topliss-reactive ketones (excluding diaryl/α,β-unsaturated/α-hetero) is 2. The number of amides is 2. The predicted molar refractivity (Wildman–Crippen MR) is 128 cm³/mol. The number of carbonyl (C=O) groups excluding carboxylic acids is 5. The molecule has 0 saturated heterocycles. The Kier molecular flexibility index (Phi) is 5.56. The van der Waals surface area contributed by atoms with Crippen LogP contribution in [0.3, 0.4) is 0 Å². The molecule has 0 aromatic heterocycles. The minimum absolute atomic E-state index is 0.0299. The molecule has 2 aliphatic rings. The predicted octanol–water partition coefficient (Wildman–Crippen LogP) is 3.75. The lowest BCUT2D eigenvalue weighted by atomic mass is 10.1. The molecule has 3 aromatic carbocycles. The number of fused-ring (bicyclic) bond motifs is 2. The molecule has 2 amide bonds. The largest absolute Gasteiger partial charge is 0.493 e. The molecule has 1 unspecified atom stereocenters. The van der Waals surface area contributed by atoms with Crippen molar-refractivity contribution in [3.8, 4) is 11.5 Å². The fraction of sp³-hybridized carbons (Fsp3) is 0.107. The van der Waals surface area contributed by atoms with Gasteiger partial charge in [0.25, 0.3) is 11.8 Å². The van der Waals surface area contributed by atoms with Crippen molar-refractivity contribution < 1.29 is 33.4 Å². The summed E-state index contributed by atoms with van der Waals surface area (Å²) in [4.78, 5) is 64.4. The molecule has 0 fully saturated rings. The van der Waals surface area contributed by atoms with Crippen LogP contribution < -0.4 is 9.47 Å². The van der Waals surface area contributed by atoms with Crippen molar-refractivity contribution in [1.29, 1.82) is 0 Å². The maximum atomic E-state index is 12.9. The van der Waals surface area contributed by atoms with E-state index in [0.717, 1.165) is 4.90 Å². The second-order valence-electron chi connectivity index (χ2n) is 8.30. The highest BCUT2D eigenvalue weighted by Crippen LogP contribution is 2.33. The maximum Gasteiger partial charge on any atom is 0.334 e. The standard InChI is InChI=1S/C28H19NO7/c1-15(29-26(32)19-9-5-6-10-20(19)27(29)33)28(34)36-22-12-11-16(14-23(22)35-2)13-21-24(30)17-7-3-4-8-18(17)25(21)31/h3-15H,1-2H3. The molecule has 178 valence electrons. The number of methoxy groups -OCH3 is 1. The lowest BCUT2D eigenvalue weighted by Gasteiger charge is -2.21. The van der Waals surface area contributed by atoms with E-state index < -0.39 is 23.8 Å². The Morgan fingerprint density at radius 3 is 1.83 bits per heavy atom. The maximum absolute atomic E-state index is 12.9. The van der Waals surface area contributed by atoms with E-state index in [4.69, 9.17) is 9.47 Å². The third kappa shape index (κ3) is 3.60. The Balaban J connectivity index is 1.37. The molecule has 0 radical (unpaired) electrons. The zero-order valence-corrected chi connectivity index (χ0v) is 19.3. The first-order chi connectivity index (χ1) is 17.3. The van der Waals surface area contributed by atoms with E-state index in [2.05, 4.69) is 0 Å². The number of rotatable bonds is 5. The average Bonchev–Trinajstić information content (AvgIpc) is 3.29. The fourth-order valence-corrected chi connectivity index (χ4v) is 4.29. The van der Waals surface area contributed by atoms with Gasteiger partial charge in [-0.2, -0.15) is 0 Å². The summed E-state index contributed by atoms with van der Waals surface area (Å²) >= 11 is 0. The molecule has 1 heterocycles. The smallest absolute Gasteiger partial charge is 0.334 e. The SMILES string of the molecule is COc1cc(C=C2C(=O)c3ccccc3C2=O)ccc1OC(=O)C(C)N1C(=O)c2ccccc2C1=O. The van der Waals surface area contributed by atoms with Crippen molar-refractivity contribution in [1.82, 2.24) is 4.90 Å². The zero-order valence-electron chi connectivity index (χ0n) is 19.3. The van der Waals surface area contributed by atoms with Gasteiger partial charge in [0.2, 0.25) is 0 Å². The highest BCUT2D eigenvalue weighted by molar-refractivity contribution is 6.41. The molecular formula is C28H19NO7. The van der Waals surface area contributed by atoms with E-state index >= 15 is 0 Å². The van der Waals surface area contributed by atoms with Crippen LogP contribution in [-0.2, 0) is 4.79 Å². The van der Waals surface area contributed by atoms with Crippen LogP contribution in [0.15, 0.2) is 72.3 Å². The minimum atomic E-state index is -1.18. The molecule has 1 atom stereocenters. The minimum Gasteiger partial charge on any atom is -0.493 e. The van der Waals surface area contributed by atoms with Gasteiger partial charge in [-0.3, -0.25) is 24.1 Å². The first-order valence-corrected chi connectivity index (χ1v) is 11.1. The van der Waals surface area contributed by atoms with E-state index in [0.29, 0.717) is 16.7 Å². The van der Waals surface area contributed by atoms with Gasteiger partial charge in [-0.1, -0.05) is 42.5 Å². The van der Waals surface area contributed by atoms with Crippen molar-refractivity contribution >= 4 is 35.4 Å². The molecule has 5 rings (SSSR count). The molecule has 0 bridgehead atoms. The Morgan fingerprint density at radius 1 is 0.778 bits per heavy atom. The molecule has 8 nitrogen and oxygen atoms in total. The molecule has 36 heavy (non-hydrogen) atoms. The van der Waals surface area contributed by atoms with Gasteiger partial charge in [0.15, 0.2) is 23.1 Å². The van der Waals surface area contributed by atoms with Crippen LogP contribution in [0.25, 0.3) is 6.08 Å². The topological polar surface area (TPSA) is 107 Å². The third-order valence-corrected chi connectivity index (χ3v) is 6.17. The van der Waals surface area contributed by atoms with Gasteiger partial charge in [0.1, 0.15) is 6.04 Å². The lowest BCUT2D eigenvalue weighted by Crippen LogP contribution is -2.44. The van der Waals surface area contributed by atoms with E-state index in [1.165, 1.54) is 44.4 Å². The van der Waals surface area contributed by atoms with Gasteiger partial charge in [0, 0.05) is 11.1 Å². The van der Waals surface area contributed by atoms with Crippen LogP contribution in [0.2, 0.25) is 0 Å². The highest BCUT2D eigenvalue weighted by Gasteiger charge is 2.41. The molecule has 3 aromatic rings. The van der Waals surface area contributed by atoms with Crippen molar-refractivity contribution in [2.24, 2.45) is 0 Å². The lowest BCUT2D eigenvalue weighted by molar-refractivity contribution is -0.138. The van der Waals surface area contributed by atoms with Crippen LogP contribution >= 0.6 is 0 Å². The van der Waals surface area contributed by atoms with Gasteiger partial charge in [-0.25, -0.2) is 4.79 Å². The summed E-state index contributed by atoms with van der Waals surface area (Å²) in [7, 11) is 1.37. The van der Waals surface area contributed by atoms with E-state index in [-0.39, 0.29) is 39.8 Å². The summed E-state index contributed by atoms with van der Waals surface area (Å²) in [6, 6.07) is 16.3. The summed E-state index contributed by atoms with van der Waals surface area (Å²) < 4.78 is 10.8. The third-order valence-electron chi connectivity index (χ3n) is 6.17. The van der Waals surface area contributed by atoms with Crippen molar-refractivity contribution in [3.63, 3.8) is 0 Å². The number of esters is 1. The van der Waals surface area contributed by atoms with Crippen molar-refractivity contribution in [2.45, 2.75) is 13.0 Å². The Morgan fingerprint density at radius 2 is 1.31 bits per heavy atom. The first-order valence-electron chi connectivity index (χ1n) is 11.1. The number of benzene rings is 3. The van der Waals surface area contributed by atoms with Crippen LogP contribution in [0.4, 0.5) is 0 Å². The number of hydrogen-bond donors (Lipinski definition) is 0. The Labute approximate surface area is 205 Å². The zero-order chi connectivity index (χ0) is 25.6. The molecule has 0 spiro atoms. The number of carbonyl (C=O) groups is 5. The van der Waals surface area contributed by atoms with Gasteiger partial charge < -0.3 is 9.47 Å². The number of nitrogens with zero attached hydrogens (tertiary/aromatic N) is 1. The van der Waals surface area contributed by atoms with Crippen LogP contribution in [0.5, 0.6) is 11.5 Å². The summed E-state index contributed by atoms with van der Waals surface area (Å²) in [6.45, 7) is 1.41. The number of ketones is 2. The fourth-order valence-electron chi connectivity index (χ4n) is 4.29. The summed E-state index contributed by atoms with van der Waals surface area (Å²) in [5.74, 6) is -2.46. The summed E-state index contributed by atoms with van der Waals surface area (Å²) in [6.07, 6.45) is 1.46. The number of ether oxygens (including phenoxy) is 2. The first kappa shape index (κ1) is 22.9. The van der Waals surface area contributed by atoms with Gasteiger partial charge in [-0.05, 0) is 42.8 Å². The normalized spacial score (nSPS) is 15.1.